The molecule has 0 spiro atoms. The van der Waals surface area contributed by atoms with Crippen molar-refractivity contribution >= 4 is 6.29 Å². The van der Waals surface area contributed by atoms with Gasteiger partial charge >= 0.3 is 0 Å². The molecule has 2 unspecified atom stereocenters. The lowest BCUT2D eigenvalue weighted by Gasteiger charge is -2.23. The second kappa shape index (κ2) is 12.0. The Balaban J connectivity index is 4.07. The molecule has 0 rings (SSSR count). The Bertz CT molecular complexity index is 296. The maximum absolute atomic E-state index is 11.2. The van der Waals surface area contributed by atoms with Gasteiger partial charge in [-0.1, -0.05) is 64.7 Å². The highest BCUT2D eigenvalue weighted by atomic mass is 16.3. The van der Waals surface area contributed by atoms with Crippen LogP contribution in [0.3, 0.4) is 0 Å². The smallest absolute Gasteiger partial charge is 0.132 e. The monoisotopic (exact) mass is 280 g/mol. The number of hydrogen-bond donors (Lipinski definition) is 1. The van der Waals surface area contributed by atoms with Gasteiger partial charge in [0.1, 0.15) is 11.9 Å². The van der Waals surface area contributed by atoms with Gasteiger partial charge in [0.25, 0.3) is 0 Å². The molecule has 0 bridgehead atoms. The number of aldehydes is 1. The molecule has 0 aromatic carbocycles. The summed E-state index contributed by atoms with van der Waals surface area (Å²) < 4.78 is 0. The van der Waals surface area contributed by atoms with Crippen LogP contribution < -0.4 is 0 Å². The van der Waals surface area contributed by atoms with Crippen molar-refractivity contribution < 1.29 is 9.90 Å². The van der Waals surface area contributed by atoms with Crippen molar-refractivity contribution in [3.8, 4) is 11.8 Å². The highest BCUT2D eigenvalue weighted by molar-refractivity contribution is 5.57. The van der Waals surface area contributed by atoms with Crippen LogP contribution in [0.1, 0.15) is 85.0 Å². The molecule has 0 aliphatic rings. The van der Waals surface area contributed by atoms with Crippen molar-refractivity contribution in [1.82, 2.24) is 0 Å². The van der Waals surface area contributed by atoms with Gasteiger partial charge in [0, 0.05) is 6.42 Å². The molecule has 2 nitrogen and oxygen atoms in total. The van der Waals surface area contributed by atoms with E-state index in [-0.39, 0.29) is 5.92 Å². The lowest BCUT2D eigenvalue weighted by atomic mass is 9.86. The maximum Gasteiger partial charge on any atom is 0.132 e. The van der Waals surface area contributed by atoms with Crippen LogP contribution in [0.5, 0.6) is 0 Å². The normalized spacial score (nSPS) is 15.0. The maximum atomic E-state index is 11.2. The molecule has 2 heteroatoms. The summed E-state index contributed by atoms with van der Waals surface area (Å²) in [5.41, 5.74) is -1.17. The fraction of sp³-hybridized carbons (Fsp3) is 0.833. The largest absolute Gasteiger partial charge is 0.377 e. The molecule has 116 valence electrons. The molecule has 0 saturated carbocycles. The number of carbonyl (C=O) groups excluding carboxylic acids is 1. The van der Waals surface area contributed by atoms with Gasteiger partial charge in [0.2, 0.25) is 0 Å². The number of carbonyl (C=O) groups is 1. The average molecular weight is 280 g/mol. The number of hydrogen-bond acceptors (Lipinski definition) is 2. The highest BCUT2D eigenvalue weighted by Crippen LogP contribution is 2.21. The van der Waals surface area contributed by atoms with Crippen LogP contribution in [0, 0.1) is 17.8 Å². The minimum atomic E-state index is -1.17. The molecule has 0 aliphatic heterocycles. The summed E-state index contributed by atoms with van der Waals surface area (Å²) in [6, 6.07) is 0. The summed E-state index contributed by atoms with van der Waals surface area (Å²) in [7, 11) is 0. The fourth-order valence-electron chi connectivity index (χ4n) is 2.23. The summed E-state index contributed by atoms with van der Waals surface area (Å²) >= 11 is 0. The third-order valence-electron chi connectivity index (χ3n) is 3.75. The zero-order valence-electron chi connectivity index (χ0n) is 13.6. The molecule has 0 aliphatic carbocycles. The molecule has 0 aromatic heterocycles. The number of rotatable bonds is 11. The van der Waals surface area contributed by atoms with E-state index in [1.165, 1.54) is 25.7 Å². The molecule has 0 heterocycles. The molecule has 0 fully saturated rings. The zero-order chi connectivity index (χ0) is 15.3. The Morgan fingerprint density at radius 1 is 1.05 bits per heavy atom. The van der Waals surface area contributed by atoms with Crippen molar-refractivity contribution in [1.29, 1.82) is 0 Å². The van der Waals surface area contributed by atoms with E-state index < -0.39 is 5.60 Å². The molecule has 0 amide bonds. The lowest BCUT2D eigenvalue weighted by molar-refractivity contribution is -0.116. The molecule has 1 N–H and O–H groups in total. The Hall–Kier alpha value is -0.810. The van der Waals surface area contributed by atoms with E-state index in [4.69, 9.17) is 0 Å². The van der Waals surface area contributed by atoms with E-state index in [9.17, 15) is 9.90 Å². The van der Waals surface area contributed by atoms with Crippen LogP contribution >= 0.6 is 0 Å². The van der Waals surface area contributed by atoms with E-state index in [1.54, 1.807) is 6.92 Å². The van der Waals surface area contributed by atoms with Gasteiger partial charge in [-0.25, -0.2) is 0 Å². The zero-order valence-corrected chi connectivity index (χ0v) is 13.6. The lowest BCUT2D eigenvalue weighted by Crippen LogP contribution is -2.34. The third kappa shape index (κ3) is 9.15. The minimum absolute atomic E-state index is 0.359. The average Bonchev–Trinajstić information content (AvgIpc) is 2.42. The van der Waals surface area contributed by atoms with Crippen molar-refractivity contribution in [2.45, 2.75) is 90.6 Å². The van der Waals surface area contributed by atoms with Gasteiger partial charge in [0.15, 0.2) is 0 Å². The van der Waals surface area contributed by atoms with E-state index in [0.717, 1.165) is 44.8 Å². The number of unbranched alkanes of at least 4 members (excludes halogenated alkanes) is 7. The van der Waals surface area contributed by atoms with Gasteiger partial charge in [-0.15, -0.1) is 5.92 Å². The van der Waals surface area contributed by atoms with Crippen LogP contribution in [-0.2, 0) is 4.79 Å². The van der Waals surface area contributed by atoms with Gasteiger partial charge in [-0.05, 0) is 19.8 Å². The van der Waals surface area contributed by atoms with Crippen molar-refractivity contribution in [2.24, 2.45) is 5.92 Å². The topological polar surface area (TPSA) is 37.3 Å². The van der Waals surface area contributed by atoms with E-state index >= 15 is 0 Å². The highest BCUT2D eigenvalue weighted by Gasteiger charge is 2.29. The first-order valence-corrected chi connectivity index (χ1v) is 8.26. The molecular weight excluding hydrogens is 248 g/mol. The number of aliphatic hydroxyl groups is 1. The molecule has 0 saturated heterocycles. The summed E-state index contributed by atoms with van der Waals surface area (Å²) in [6.07, 6.45) is 11.7. The SMILES string of the molecule is CCCCC#CC(C)(O)C(C=O)CCCCCCCC. The van der Waals surface area contributed by atoms with Gasteiger partial charge in [0.05, 0.1) is 5.92 Å². The Kier molecular flexibility index (Phi) is 11.5. The second-order valence-electron chi connectivity index (χ2n) is 5.85. The predicted octanol–water partition coefficient (Wildman–Crippen LogP) is 4.50. The van der Waals surface area contributed by atoms with Gasteiger partial charge in [-0.2, -0.15) is 0 Å². The van der Waals surface area contributed by atoms with Gasteiger partial charge in [-0.3, -0.25) is 0 Å². The standard InChI is InChI=1S/C18H32O2/c1-4-6-8-10-11-12-14-17(16-19)18(3,20)15-13-9-7-5-2/h16-17,20H,4-12,14H2,1-3H3. The summed E-state index contributed by atoms with van der Waals surface area (Å²) in [6.45, 7) is 5.99. The molecule has 0 aromatic rings. The van der Waals surface area contributed by atoms with Crippen LogP contribution in [0.2, 0.25) is 0 Å². The van der Waals surface area contributed by atoms with Gasteiger partial charge < -0.3 is 9.90 Å². The van der Waals surface area contributed by atoms with E-state index in [0.29, 0.717) is 0 Å². The first-order valence-electron chi connectivity index (χ1n) is 8.26. The first-order chi connectivity index (χ1) is 9.58. The van der Waals surface area contributed by atoms with Crippen LogP contribution in [0.4, 0.5) is 0 Å². The summed E-state index contributed by atoms with van der Waals surface area (Å²) in [5, 5.41) is 10.3. The summed E-state index contributed by atoms with van der Waals surface area (Å²) in [5.74, 6) is 5.52. The fourth-order valence-corrected chi connectivity index (χ4v) is 2.23. The van der Waals surface area contributed by atoms with Crippen LogP contribution in [0.15, 0.2) is 0 Å². The third-order valence-corrected chi connectivity index (χ3v) is 3.75. The predicted molar refractivity (Wildman–Crippen MR) is 85.5 cm³/mol. The van der Waals surface area contributed by atoms with Crippen LogP contribution in [0.25, 0.3) is 0 Å². The van der Waals surface area contributed by atoms with Crippen molar-refractivity contribution in [3.63, 3.8) is 0 Å². The second-order valence-corrected chi connectivity index (χ2v) is 5.85. The van der Waals surface area contributed by atoms with Crippen molar-refractivity contribution in [3.05, 3.63) is 0 Å². The Morgan fingerprint density at radius 3 is 2.25 bits per heavy atom. The quantitative estimate of drug-likeness (QED) is 0.344. The molecule has 2 atom stereocenters. The molecular formula is C18H32O2. The van der Waals surface area contributed by atoms with Crippen molar-refractivity contribution in [2.75, 3.05) is 0 Å². The van der Waals surface area contributed by atoms with Crippen LogP contribution in [-0.4, -0.2) is 17.0 Å². The van der Waals surface area contributed by atoms with E-state index in [2.05, 4.69) is 25.7 Å². The summed E-state index contributed by atoms with van der Waals surface area (Å²) in [4.78, 5) is 11.2. The Morgan fingerprint density at radius 2 is 1.65 bits per heavy atom. The molecule has 20 heavy (non-hydrogen) atoms. The minimum Gasteiger partial charge on any atom is -0.377 e. The molecule has 0 radical (unpaired) electrons. The first kappa shape index (κ1) is 19.2. The van der Waals surface area contributed by atoms with E-state index in [1.807, 2.05) is 0 Å². The Labute approximate surface area is 125 Å².